The van der Waals surface area contributed by atoms with Gasteiger partial charge in [0.1, 0.15) is 5.82 Å². The number of sulfonamides is 1. The van der Waals surface area contributed by atoms with Gasteiger partial charge < -0.3 is 4.74 Å². The molecule has 0 radical (unpaired) electrons. The van der Waals surface area contributed by atoms with Crippen LogP contribution in [0.4, 0.5) is 10.1 Å². The number of hydrogen-bond donors (Lipinski definition) is 1. The number of halogens is 1. The van der Waals surface area contributed by atoms with Gasteiger partial charge in [0.2, 0.25) is 10.0 Å². The second kappa shape index (κ2) is 6.62. The van der Waals surface area contributed by atoms with Crippen molar-refractivity contribution in [2.45, 2.75) is 13.3 Å². The van der Waals surface area contributed by atoms with Crippen molar-refractivity contribution < 1.29 is 22.5 Å². The number of nitrogens with two attached hydrogens (primary N) is 1. The highest BCUT2D eigenvalue weighted by Gasteiger charge is 2.19. The summed E-state index contributed by atoms with van der Waals surface area (Å²) in [6.45, 7) is 1.64. The lowest BCUT2D eigenvalue weighted by atomic mass is 10.1. The summed E-state index contributed by atoms with van der Waals surface area (Å²) in [7, 11) is -3.66. The van der Waals surface area contributed by atoms with Crippen LogP contribution in [0.5, 0.6) is 5.75 Å². The SMILES string of the molecule is CCC(COc1cc(F)ccc1[N+](=O)[O-])CS(N)(=O)=O. The van der Waals surface area contributed by atoms with E-state index in [1.807, 2.05) is 0 Å². The molecule has 0 aliphatic carbocycles. The van der Waals surface area contributed by atoms with Crippen LogP contribution in [0.3, 0.4) is 0 Å². The van der Waals surface area contributed by atoms with E-state index in [0.29, 0.717) is 6.42 Å². The van der Waals surface area contributed by atoms with Gasteiger partial charge >= 0.3 is 5.69 Å². The van der Waals surface area contributed by atoms with Crippen LogP contribution in [0.25, 0.3) is 0 Å². The molecule has 1 rings (SSSR count). The maximum Gasteiger partial charge on any atom is 0.311 e. The lowest BCUT2D eigenvalue weighted by Crippen LogP contribution is -2.26. The first kappa shape index (κ1) is 16.3. The summed E-state index contributed by atoms with van der Waals surface area (Å²) in [6, 6.07) is 2.83. The molecule has 0 aromatic heterocycles. The predicted molar refractivity (Wildman–Crippen MR) is 70.3 cm³/mol. The number of hydrogen-bond acceptors (Lipinski definition) is 5. The third-order valence-corrected chi connectivity index (χ3v) is 3.57. The molecule has 1 atom stereocenters. The molecule has 1 aromatic rings. The van der Waals surface area contributed by atoms with Crippen molar-refractivity contribution in [3.63, 3.8) is 0 Å². The van der Waals surface area contributed by atoms with E-state index >= 15 is 0 Å². The van der Waals surface area contributed by atoms with Crippen LogP contribution in [0, 0.1) is 21.8 Å². The van der Waals surface area contributed by atoms with Gasteiger partial charge in [-0.3, -0.25) is 10.1 Å². The van der Waals surface area contributed by atoms with Crippen molar-refractivity contribution in [3.8, 4) is 5.75 Å². The predicted octanol–water partition coefficient (Wildman–Crippen LogP) is 1.43. The summed E-state index contributed by atoms with van der Waals surface area (Å²) in [5, 5.41) is 15.7. The Morgan fingerprint density at radius 1 is 1.50 bits per heavy atom. The first-order chi connectivity index (χ1) is 9.23. The highest BCUT2D eigenvalue weighted by Crippen LogP contribution is 2.28. The molecule has 0 aliphatic heterocycles. The summed E-state index contributed by atoms with van der Waals surface area (Å²) >= 11 is 0. The molecule has 0 spiro atoms. The number of nitrogens with zero attached hydrogens (tertiary/aromatic N) is 1. The number of nitro groups is 1. The van der Waals surface area contributed by atoms with Crippen LogP contribution in [-0.4, -0.2) is 25.7 Å². The fourth-order valence-corrected chi connectivity index (χ4v) is 2.56. The summed E-state index contributed by atoms with van der Waals surface area (Å²) in [5.41, 5.74) is -0.378. The monoisotopic (exact) mass is 306 g/mol. The Labute approximate surface area is 115 Å². The Balaban J connectivity index is 2.82. The molecule has 20 heavy (non-hydrogen) atoms. The number of primary sulfonamides is 1. The molecule has 9 heteroatoms. The summed E-state index contributed by atoms with van der Waals surface area (Å²) in [4.78, 5) is 10.1. The minimum atomic E-state index is -3.66. The fraction of sp³-hybridized carbons (Fsp3) is 0.455. The van der Waals surface area contributed by atoms with Crippen LogP contribution in [0.1, 0.15) is 13.3 Å². The van der Waals surface area contributed by atoms with E-state index in [0.717, 1.165) is 18.2 Å². The topological polar surface area (TPSA) is 113 Å². The Morgan fingerprint density at radius 2 is 2.15 bits per heavy atom. The van der Waals surface area contributed by atoms with E-state index in [-0.39, 0.29) is 23.8 Å². The molecule has 0 heterocycles. The zero-order valence-electron chi connectivity index (χ0n) is 10.8. The van der Waals surface area contributed by atoms with E-state index in [9.17, 15) is 22.9 Å². The van der Waals surface area contributed by atoms with Crippen molar-refractivity contribution >= 4 is 15.7 Å². The molecule has 0 fully saturated rings. The minimum Gasteiger partial charge on any atom is -0.486 e. The first-order valence-electron chi connectivity index (χ1n) is 5.80. The van der Waals surface area contributed by atoms with Gasteiger partial charge in [0, 0.05) is 18.1 Å². The van der Waals surface area contributed by atoms with E-state index in [1.54, 1.807) is 6.92 Å². The van der Waals surface area contributed by atoms with Crippen LogP contribution in [0.2, 0.25) is 0 Å². The zero-order valence-corrected chi connectivity index (χ0v) is 11.6. The molecule has 0 bridgehead atoms. The molecule has 0 saturated heterocycles. The van der Waals surface area contributed by atoms with Gasteiger partial charge in [-0.25, -0.2) is 17.9 Å². The van der Waals surface area contributed by atoms with Crippen molar-refractivity contribution in [1.29, 1.82) is 0 Å². The van der Waals surface area contributed by atoms with Crippen molar-refractivity contribution in [2.24, 2.45) is 11.1 Å². The quantitative estimate of drug-likeness (QED) is 0.604. The van der Waals surface area contributed by atoms with E-state index in [1.165, 1.54) is 0 Å². The minimum absolute atomic E-state index is 0.1000. The summed E-state index contributed by atoms with van der Waals surface area (Å²) < 4.78 is 40.2. The van der Waals surface area contributed by atoms with Gasteiger partial charge in [-0.15, -0.1) is 0 Å². The second-order valence-electron chi connectivity index (χ2n) is 4.28. The molecule has 7 nitrogen and oxygen atoms in total. The average molecular weight is 306 g/mol. The van der Waals surface area contributed by atoms with Crippen molar-refractivity contribution in [2.75, 3.05) is 12.4 Å². The summed E-state index contributed by atoms with van der Waals surface area (Å²) in [5.74, 6) is -1.63. The van der Waals surface area contributed by atoms with Crippen LogP contribution in [-0.2, 0) is 10.0 Å². The highest BCUT2D eigenvalue weighted by molar-refractivity contribution is 7.89. The van der Waals surface area contributed by atoms with Crippen molar-refractivity contribution in [3.05, 3.63) is 34.1 Å². The lowest BCUT2D eigenvalue weighted by Gasteiger charge is -2.14. The Bertz CT molecular complexity index is 590. The Hall–Kier alpha value is -1.74. The third-order valence-electron chi connectivity index (χ3n) is 2.64. The van der Waals surface area contributed by atoms with E-state index < -0.39 is 26.7 Å². The van der Waals surface area contributed by atoms with E-state index in [4.69, 9.17) is 9.88 Å². The Morgan fingerprint density at radius 3 is 2.65 bits per heavy atom. The maximum atomic E-state index is 13.1. The maximum absolute atomic E-state index is 13.1. The van der Waals surface area contributed by atoms with Crippen molar-refractivity contribution in [1.82, 2.24) is 0 Å². The smallest absolute Gasteiger partial charge is 0.311 e. The molecule has 0 aliphatic rings. The molecule has 1 unspecified atom stereocenters. The van der Waals surface area contributed by atoms with Crippen LogP contribution in [0.15, 0.2) is 18.2 Å². The molecular weight excluding hydrogens is 291 g/mol. The molecule has 1 aromatic carbocycles. The van der Waals surface area contributed by atoms with Gasteiger partial charge in [-0.2, -0.15) is 0 Å². The average Bonchev–Trinajstić information content (AvgIpc) is 2.32. The van der Waals surface area contributed by atoms with Gasteiger partial charge in [0.05, 0.1) is 17.3 Å². The summed E-state index contributed by atoms with van der Waals surface area (Å²) in [6.07, 6.45) is 0.458. The Kier molecular flexibility index (Phi) is 5.40. The molecule has 0 amide bonds. The van der Waals surface area contributed by atoms with Gasteiger partial charge in [0.15, 0.2) is 5.75 Å². The van der Waals surface area contributed by atoms with Gasteiger partial charge in [0.25, 0.3) is 0 Å². The number of benzene rings is 1. The van der Waals surface area contributed by atoms with Gasteiger partial charge in [-0.1, -0.05) is 6.92 Å². The van der Waals surface area contributed by atoms with Crippen LogP contribution >= 0.6 is 0 Å². The van der Waals surface area contributed by atoms with Gasteiger partial charge in [-0.05, 0) is 12.5 Å². The number of ether oxygens (including phenoxy) is 1. The molecule has 112 valence electrons. The third kappa shape index (κ3) is 5.10. The zero-order chi connectivity index (χ0) is 15.3. The molecular formula is C11H15FN2O5S. The highest BCUT2D eigenvalue weighted by atomic mass is 32.2. The standard InChI is InChI=1S/C11H15FN2O5S/c1-2-8(7-20(13,17)18)6-19-11-5-9(12)3-4-10(11)14(15)16/h3-5,8H,2,6-7H2,1H3,(H2,13,17,18). The fourth-order valence-electron chi connectivity index (χ4n) is 1.57. The largest absolute Gasteiger partial charge is 0.486 e. The van der Waals surface area contributed by atoms with E-state index in [2.05, 4.69) is 0 Å². The number of rotatable bonds is 7. The second-order valence-corrected chi connectivity index (χ2v) is 5.94. The van der Waals surface area contributed by atoms with Crippen LogP contribution < -0.4 is 9.88 Å². The molecule has 0 saturated carbocycles. The number of nitro benzene ring substituents is 1. The lowest BCUT2D eigenvalue weighted by molar-refractivity contribution is -0.386. The molecule has 2 N–H and O–H groups in total. The first-order valence-corrected chi connectivity index (χ1v) is 7.51. The normalized spacial score (nSPS) is 12.9.